The standard InChI is InChI=1S/C28H25NO4S/c1-31-18-14-23(32-2)27(24(15-18)33-3)26-16-22(29-21-10-6-7-11-25(21)34-26)20-13-12-17-8-4-5-9-19(17)28(20)30/h4-15,26,30H,16H2,1-3H3. The average molecular weight is 472 g/mol. The number of para-hydroxylation sites is 1. The molecule has 1 aliphatic heterocycles. The van der Waals surface area contributed by atoms with E-state index in [9.17, 15) is 5.11 Å². The molecule has 0 aromatic heterocycles. The molecule has 172 valence electrons. The number of hydrogen-bond acceptors (Lipinski definition) is 6. The molecule has 0 amide bonds. The molecule has 4 aromatic rings. The number of ether oxygens (including phenoxy) is 3. The molecular weight excluding hydrogens is 446 g/mol. The first kappa shape index (κ1) is 22.2. The zero-order valence-corrected chi connectivity index (χ0v) is 20.1. The summed E-state index contributed by atoms with van der Waals surface area (Å²) >= 11 is 1.71. The summed E-state index contributed by atoms with van der Waals surface area (Å²) < 4.78 is 17.0. The third kappa shape index (κ3) is 3.94. The molecule has 1 N–H and O–H groups in total. The van der Waals surface area contributed by atoms with Crippen molar-refractivity contribution in [3.8, 4) is 23.0 Å². The fourth-order valence-electron chi connectivity index (χ4n) is 4.38. The maximum Gasteiger partial charge on any atom is 0.132 e. The first-order valence-electron chi connectivity index (χ1n) is 11.0. The molecule has 1 heterocycles. The Labute approximate surface area is 203 Å². The van der Waals surface area contributed by atoms with Crippen LogP contribution in [0.25, 0.3) is 10.8 Å². The minimum atomic E-state index is -0.0657. The monoisotopic (exact) mass is 471 g/mol. The molecule has 34 heavy (non-hydrogen) atoms. The van der Waals surface area contributed by atoms with Gasteiger partial charge < -0.3 is 19.3 Å². The van der Waals surface area contributed by atoms with Gasteiger partial charge in [0.2, 0.25) is 0 Å². The Morgan fingerprint density at radius 3 is 2.29 bits per heavy atom. The summed E-state index contributed by atoms with van der Waals surface area (Å²) in [5, 5.41) is 12.9. The molecule has 5 nitrogen and oxygen atoms in total. The van der Waals surface area contributed by atoms with E-state index in [1.165, 1.54) is 0 Å². The summed E-state index contributed by atoms with van der Waals surface area (Å²) in [5.41, 5.74) is 3.35. The number of fused-ring (bicyclic) bond motifs is 2. The van der Waals surface area contributed by atoms with Gasteiger partial charge in [0.1, 0.15) is 23.0 Å². The Morgan fingerprint density at radius 2 is 1.56 bits per heavy atom. The van der Waals surface area contributed by atoms with Gasteiger partial charge in [0.25, 0.3) is 0 Å². The molecule has 4 aromatic carbocycles. The van der Waals surface area contributed by atoms with Gasteiger partial charge in [-0.2, -0.15) is 0 Å². The van der Waals surface area contributed by atoms with Crippen molar-refractivity contribution >= 4 is 33.9 Å². The van der Waals surface area contributed by atoms with E-state index >= 15 is 0 Å². The zero-order chi connectivity index (χ0) is 23.7. The highest BCUT2D eigenvalue weighted by atomic mass is 32.2. The molecule has 0 spiro atoms. The molecule has 0 fully saturated rings. The summed E-state index contributed by atoms with van der Waals surface area (Å²) in [5.74, 6) is 2.29. The minimum Gasteiger partial charge on any atom is -0.507 e. The predicted molar refractivity (Wildman–Crippen MR) is 138 cm³/mol. The van der Waals surface area contributed by atoms with Crippen LogP contribution in [0.3, 0.4) is 0 Å². The number of thioether (sulfide) groups is 1. The molecule has 0 bridgehead atoms. The molecule has 1 unspecified atom stereocenters. The van der Waals surface area contributed by atoms with Crippen LogP contribution in [0.5, 0.6) is 23.0 Å². The van der Waals surface area contributed by atoms with Crippen molar-refractivity contribution in [1.29, 1.82) is 0 Å². The van der Waals surface area contributed by atoms with Crippen molar-refractivity contribution in [2.45, 2.75) is 16.6 Å². The lowest BCUT2D eigenvalue weighted by Gasteiger charge is -2.22. The fourth-order valence-corrected chi connectivity index (χ4v) is 5.67. The Kier molecular flexibility index (Phi) is 6.07. The number of phenolic OH excluding ortho intramolecular Hbond substituents is 1. The number of methoxy groups -OCH3 is 3. The van der Waals surface area contributed by atoms with E-state index in [1.807, 2.05) is 66.7 Å². The lowest BCUT2D eigenvalue weighted by Crippen LogP contribution is -2.08. The van der Waals surface area contributed by atoms with Crippen LogP contribution in [0.15, 0.2) is 82.7 Å². The van der Waals surface area contributed by atoms with E-state index in [0.29, 0.717) is 23.7 Å². The Hall–Kier alpha value is -3.64. The number of hydrogen-bond donors (Lipinski definition) is 1. The lowest BCUT2D eigenvalue weighted by atomic mass is 9.96. The van der Waals surface area contributed by atoms with Gasteiger partial charge in [-0.3, -0.25) is 4.99 Å². The summed E-state index contributed by atoms with van der Waals surface area (Å²) in [6, 6.07) is 23.6. The van der Waals surface area contributed by atoms with Crippen LogP contribution in [0, 0.1) is 0 Å². The van der Waals surface area contributed by atoms with E-state index in [-0.39, 0.29) is 11.0 Å². The smallest absolute Gasteiger partial charge is 0.132 e. The quantitative estimate of drug-likeness (QED) is 0.342. The highest BCUT2D eigenvalue weighted by Gasteiger charge is 2.29. The van der Waals surface area contributed by atoms with E-state index in [2.05, 4.69) is 6.07 Å². The van der Waals surface area contributed by atoms with E-state index < -0.39 is 0 Å². The second-order valence-electron chi connectivity index (χ2n) is 7.97. The van der Waals surface area contributed by atoms with Crippen molar-refractivity contribution in [2.75, 3.05) is 21.3 Å². The molecule has 5 rings (SSSR count). The highest BCUT2D eigenvalue weighted by molar-refractivity contribution is 7.99. The van der Waals surface area contributed by atoms with E-state index in [0.717, 1.165) is 38.2 Å². The van der Waals surface area contributed by atoms with Crippen LogP contribution in [-0.2, 0) is 0 Å². The highest BCUT2D eigenvalue weighted by Crippen LogP contribution is 2.52. The molecular formula is C28H25NO4S. The molecule has 0 aliphatic carbocycles. The van der Waals surface area contributed by atoms with Crippen LogP contribution in [0.2, 0.25) is 0 Å². The number of phenols is 1. The maximum atomic E-state index is 11.2. The van der Waals surface area contributed by atoms with Gasteiger partial charge in [0.15, 0.2) is 0 Å². The van der Waals surface area contributed by atoms with E-state index in [4.69, 9.17) is 19.2 Å². The van der Waals surface area contributed by atoms with Crippen molar-refractivity contribution in [3.05, 3.63) is 83.9 Å². The van der Waals surface area contributed by atoms with Gasteiger partial charge in [-0.25, -0.2) is 0 Å². The zero-order valence-electron chi connectivity index (χ0n) is 19.2. The van der Waals surface area contributed by atoms with Gasteiger partial charge in [-0.15, -0.1) is 11.8 Å². The van der Waals surface area contributed by atoms with Crippen molar-refractivity contribution < 1.29 is 19.3 Å². The molecule has 0 saturated heterocycles. The normalized spacial score (nSPS) is 15.3. The first-order valence-corrected chi connectivity index (χ1v) is 11.8. The third-order valence-corrected chi connectivity index (χ3v) is 7.34. The van der Waals surface area contributed by atoms with Crippen LogP contribution >= 0.6 is 11.8 Å². The minimum absolute atomic E-state index is 0.0657. The Bertz CT molecular complexity index is 1370. The number of aliphatic imine (C=N–C) groups is 1. The Morgan fingerprint density at radius 1 is 0.853 bits per heavy atom. The van der Waals surface area contributed by atoms with Crippen LogP contribution in [0.1, 0.15) is 22.8 Å². The van der Waals surface area contributed by atoms with Crippen molar-refractivity contribution in [1.82, 2.24) is 0 Å². The summed E-state index contributed by atoms with van der Waals surface area (Å²) in [7, 11) is 4.92. The van der Waals surface area contributed by atoms with E-state index in [1.54, 1.807) is 33.1 Å². The second-order valence-corrected chi connectivity index (χ2v) is 9.21. The SMILES string of the molecule is COc1cc(OC)c(C2CC(c3ccc4ccccc4c3O)=Nc3ccccc3S2)c(OC)c1. The molecule has 1 atom stereocenters. The molecule has 6 heteroatoms. The maximum absolute atomic E-state index is 11.2. The summed E-state index contributed by atoms with van der Waals surface area (Å²) in [4.78, 5) is 6.09. The largest absolute Gasteiger partial charge is 0.507 e. The summed E-state index contributed by atoms with van der Waals surface area (Å²) in [6.07, 6.45) is 0.574. The van der Waals surface area contributed by atoms with Gasteiger partial charge >= 0.3 is 0 Å². The number of benzene rings is 4. The Balaban J connectivity index is 1.69. The lowest BCUT2D eigenvalue weighted by molar-refractivity contribution is 0.368. The molecule has 1 aliphatic rings. The van der Waals surface area contributed by atoms with Crippen LogP contribution in [0.4, 0.5) is 5.69 Å². The number of rotatable bonds is 5. The van der Waals surface area contributed by atoms with Crippen LogP contribution in [-0.4, -0.2) is 32.1 Å². The summed E-state index contributed by atoms with van der Waals surface area (Å²) in [6.45, 7) is 0. The van der Waals surface area contributed by atoms with Crippen molar-refractivity contribution in [2.24, 2.45) is 4.99 Å². The van der Waals surface area contributed by atoms with Crippen molar-refractivity contribution in [3.63, 3.8) is 0 Å². The third-order valence-electron chi connectivity index (χ3n) is 6.06. The second kappa shape index (κ2) is 9.31. The first-order chi connectivity index (χ1) is 16.6. The van der Waals surface area contributed by atoms with Gasteiger partial charge in [-0.05, 0) is 23.6 Å². The van der Waals surface area contributed by atoms with Crippen LogP contribution < -0.4 is 14.2 Å². The molecule has 0 saturated carbocycles. The van der Waals surface area contributed by atoms with Gasteiger partial charge in [0, 0.05) is 39.6 Å². The average Bonchev–Trinajstić information content (AvgIpc) is 3.07. The van der Waals surface area contributed by atoms with Gasteiger partial charge in [0.05, 0.1) is 38.3 Å². The van der Waals surface area contributed by atoms with Gasteiger partial charge in [-0.1, -0.05) is 42.5 Å². The topological polar surface area (TPSA) is 60.3 Å². The molecule has 0 radical (unpaired) electrons. The fraction of sp³-hybridized carbons (Fsp3) is 0.179. The number of nitrogens with zero attached hydrogens (tertiary/aromatic N) is 1. The predicted octanol–water partition coefficient (Wildman–Crippen LogP) is 6.93. The number of aromatic hydroxyl groups is 1.